The summed E-state index contributed by atoms with van der Waals surface area (Å²) in [6.45, 7) is 0.0968. The Hall–Kier alpha value is -4.07. The van der Waals surface area contributed by atoms with Crippen LogP contribution in [-0.4, -0.2) is 14.5 Å². The molecule has 3 aromatic heterocycles. The minimum atomic E-state index is -0.807. The van der Waals surface area contributed by atoms with Crippen LogP contribution in [0, 0.1) is 11.6 Å². The molecule has 0 aliphatic carbocycles. The van der Waals surface area contributed by atoms with E-state index >= 15 is 0 Å². The Morgan fingerprint density at radius 2 is 1.83 bits per heavy atom. The summed E-state index contributed by atoms with van der Waals surface area (Å²) in [5, 5.41) is 0. The Morgan fingerprint density at radius 1 is 1.03 bits per heavy atom. The second kappa shape index (κ2) is 6.77. The molecule has 0 saturated carbocycles. The molecule has 5 rings (SSSR count). The smallest absolute Gasteiger partial charge is 0.263 e. The summed E-state index contributed by atoms with van der Waals surface area (Å²) in [4.78, 5) is 21.9. The van der Waals surface area contributed by atoms with Gasteiger partial charge in [0.15, 0.2) is 0 Å². The van der Waals surface area contributed by atoms with Gasteiger partial charge in [-0.3, -0.25) is 19.3 Å². The second-order valence-electron chi connectivity index (χ2n) is 6.73. The number of benzene rings is 1. The average molecular weight is 404 g/mol. The van der Waals surface area contributed by atoms with Crippen LogP contribution in [0.3, 0.4) is 0 Å². The fraction of sp³-hybridized carbons (Fsp3) is 0.0455. The molecule has 0 spiro atoms. The maximum atomic E-state index is 14.7. The summed E-state index contributed by atoms with van der Waals surface area (Å²) in [5.74, 6) is -1.07. The van der Waals surface area contributed by atoms with Gasteiger partial charge in [0.05, 0.1) is 28.8 Å². The number of pyridine rings is 3. The van der Waals surface area contributed by atoms with Gasteiger partial charge in [-0.15, -0.1) is 0 Å². The number of halogens is 2. The fourth-order valence-corrected chi connectivity index (χ4v) is 3.64. The molecule has 0 unspecified atom stereocenters. The van der Waals surface area contributed by atoms with Crippen molar-refractivity contribution in [2.24, 2.45) is 0 Å². The van der Waals surface area contributed by atoms with E-state index in [0.717, 1.165) is 12.1 Å². The quantitative estimate of drug-likeness (QED) is 0.515. The SMILES string of the molecule is Nc1c(F)ccc(F)c1-c1cc2c(n(-c3cccnc3)c1=O)COc1cccnc1-2. The Balaban J connectivity index is 1.92. The number of aromatic nitrogens is 3. The van der Waals surface area contributed by atoms with Crippen molar-refractivity contribution in [3.8, 4) is 33.8 Å². The predicted octanol–water partition coefficient (Wildman–Crippen LogP) is 3.71. The van der Waals surface area contributed by atoms with Crippen LogP contribution in [0.15, 0.2) is 65.8 Å². The summed E-state index contributed by atoms with van der Waals surface area (Å²) in [6.07, 6.45) is 4.67. The fourth-order valence-electron chi connectivity index (χ4n) is 3.64. The molecule has 0 fully saturated rings. The van der Waals surface area contributed by atoms with Crippen LogP contribution in [-0.2, 0) is 6.61 Å². The Labute approximate surface area is 169 Å². The van der Waals surface area contributed by atoms with Gasteiger partial charge in [0.2, 0.25) is 0 Å². The number of ether oxygens (including phenoxy) is 1. The molecule has 6 nitrogen and oxygen atoms in total. The zero-order valence-corrected chi connectivity index (χ0v) is 15.5. The molecule has 8 heteroatoms. The molecule has 1 aliphatic rings. The monoisotopic (exact) mass is 404 g/mol. The molecule has 0 amide bonds. The van der Waals surface area contributed by atoms with E-state index in [1.807, 2.05) is 0 Å². The van der Waals surface area contributed by atoms with Crippen molar-refractivity contribution in [1.29, 1.82) is 0 Å². The first-order valence-electron chi connectivity index (χ1n) is 9.07. The number of nitrogen functional groups attached to an aromatic ring is 1. The van der Waals surface area contributed by atoms with Crippen LogP contribution in [0.2, 0.25) is 0 Å². The van der Waals surface area contributed by atoms with Crippen LogP contribution in [0.5, 0.6) is 5.75 Å². The van der Waals surface area contributed by atoms with Crippen molar-refractivity contribution in [2.75, 3.05) is 5.73 Å². The van der Waals surface area contributed by atoms with Crippen LogP contribution < -0.4 is 16.0 Å². The molecule has 4 aromatic rings. The molecule has 0 radical (unpaired) electrons. The zero-order valence-electron chi connectivity index (χ0n) is 15.5. The van der Waals surface area contributed by atoms with E-state index in [4.69, 9.17) is 10.5 Å². The first-order valence-corrected chi connectivity index (χ1v) is 9.07. The standard InChI is InChI=1S/C22H14F2N4O2/c23-15-5-6-16(24)20(25)19(15)14-9-13-17(11-30-18-4-2-8-27-21(13)18)28(22(14)29)12-3-1-7-26-10-12/h1-10H,11,25H2. The number of hydrogen-bond acceptors (Lipinski definition) is 5. The first kappa shape index (κ1) is 18.0. The number of rotatable bonds is 2. The van der Waals surface area contributed by atoms with Gasteiger partial charge in [0.25, 0.3) is 5.56 Å². The van der Waals surface area contributed by atoms with Gasteiger partial charge >= 0.3 is 0 Å². The van der Waals surface area contributed by atoms with Gasteiger partial charge in [-0.25, -0.2) is 8.78 Å². The van der Waals surface area contributed by atoms with E-state index in [0.29, 0.717) is 28.4 Å². The zero-order chi connectivity index (χ0) is 20.8. The van der Waals surface area contributed by atoms with Crippen LogP contribution in [0.25, 0.3) is 28.1 Å². The largest absolute Gasteiger partial charge is 0.485 e. The van der Waals surface area contributed by atoms with Crippen LogP contribution >= 0.6 is 0 Å². The Bertz CT molecular complexity index is 1350. The highest BCUT2D eigenvalue weighted by Gasteiger charge is 2.27. The van der Waals surface area contributed by atoms with Crippen molar-refractivity contribution in [3.05, 3.63) is 88.7 Å². The summed E-state index contributed by atoms with van der Waals surface area (Å²) >= 11 is 0. The lowest BCUT2D eigenvalue weighted by Crippen LogP contribution is -2.27. The van der Waals surface area contributed by atoms with E-state index in [2.05, 4.69) is 9.97 Å². The molecule has 1 aromatic carbocycles. The molecule has 148 valence electrons. The van der Waals surface area contributed by atoms with Crippen LogP contribution in [0.1, 0.15) is 5.69 Å². The molecular weight excluding hydrogens is 390 g/mol. The summed E-state index contributed by atoms with van der Waals surface area (Å²) in [7, 11) is 0. The van der Waals surface area contributed by atoms with E-state index in [9.17, 15) is 13.6 Å². The highest BCUT2D eigenvalue weighted by molar-refractivity contribution is 5.82. The molecular formula is C22H14F2N4O2. The van der Waals surface area contributed by atoms with Crippen LogP contribution in [0.4, 0.5) is 14.5 Å². The normalized spacial score (nSPS) is 12.1. The Morgan fingerprint density at radius 3 is 2.63 bits per heavy atom. The molecule has 0 bridgehead atoms. The molecule has 0 saturated heterocycles. The first-order chi connectivity index (χ1) is 14.6. The summed E-state index contributed by atoms with van der Waals surface area (Å²) in [6, 6.07) is 10.2. The third kappa shape index (κ3) is 2.65. The summed E-state index contributed by atoms with van der Waals surface area (Å²) in [5.41, 5.74) is 6.51. The van der Waals surface area contributed by atoms with Gasteiger partial charge in [-0.2, -0.15) is 0 Å². The predicted molar refractivity (Wildman–Crippen MR) is 107 cm³/mol. The second-order valence-corrected chi connectivity index (χ2v) is 6.73. The number of hydrogen-bond donors (Lipinski definition) is 1. The van der Waals surface area contributed by atoms with Gasteiger partial charge in [0.1, 0.15) is 29.7 Å². The minimum absolute atomic E-state index is 0.0781. The molecule has 0 atom stereocenters. The number of nitrogens with zero attached hydrogens (tertiary/aromatic N) is 3. The van der Waals surface area contributed by atoms with Gasteiger partial charge in [0, 0.05) is 23.5 Å². The van der Waals surface area contributed by atoms with E-state index in [1.54, 1.807) is 36.7 Å². The third-order valence-electron chi connectivity index (χ3n) is 5.01. The average Bonchev–Trinajstić information content (AvgIpc) is 2.77. The highest BCUT2D eigenvalue weighted by atomic mass is 19.1. The van der Waals surface area contributed by atoms with E-state index in [-0.39, 0.29) is 17.7 Å². The minimum Gasteiger partial charge on any atom is -0.485 e. The Kier molecular flexibility index (Phi) is 4.06. The van der Waals surface area contributed by atoms with Crippen molar-refractivity contribution in [3.63, 3.8) is 0 Å². The maximum Gasteiger partial charge on any atom is 0.263 e. The molecule has 2 N–H and O–H groups in total. The van der Waals surface area contributed by atoms with Crippen molar-refractivity contribution in [2.45, 2.75) is 6.61 Å². The number of anilines is 1. The summed E-state index contributed by atoms with van der Waals surface area (Å²) < 4.78 is 36.0. The van der Waals surface area contributed by atoms with E-state index in [1.165, 1.54) is 16.8 Å². The number of nitrogens with two attached hydrogens (primary N) is 1. The topological polar surface area (TPSA) is 83.0 Å². The van der Waals surface area contributed by atoms with Crippen molar-refractivity contribution in [1.82, 2.24) is 14.5 Å². The lowest BCUT2D eigenvalue weighted by molar-refractivity contribution is 0.292. The third-order valence-corrected chi connectivity index (χ3v) is 5.01. The lowest BCUT2D eigenvalue weighted by Gasteiger charge is -2.24. The van der Waals surface area contributed by atoms with Crippen molar-refractivity contribution < 1.29 is 13.5 Å². The molecule has 4 heterocycles. The van der Waals surface area contributed by atoms with Gasteiger partial charge in [-0.1, -0.05) is 0 Å². The molecule has 1 aliphatic heterocycles. The maximum absolute atomic E-state index is 14.7. The van der Waals surface area contributed by atoms with Gasteiger partial charge in [-0.05, 0) is 42.5 Å². The number of fused-ring (bicyclic) bond motifs is 3. The molecule has 30 heavy (non-hydrogen) atoms. The van der Waals surface area contributed by atoms with Crippen molar-refractivity contribution >= 4 is 5.69 Å². The van der Waals surface area contributed by atoms with E-state index < -0.39 is 22.9 Å². The lowest BCUT2D eigenvalue weighted by atomic mass is 9.97. The van der Waals surface area contributed by atoms with Gasteiger partial charge < -0.3 is 10.5 Å². The highest BCUT2D eigenvalue weighted by Crippen LogP contribution is 2.39.